The summed E-state index contributed by atoms with van der Waals surface area (Å²) in [5, 5.41) is 12.9. The lowest BCUT2D eigenvalue weighted by molar-refractivity contribution is 0.0235. The van der Waals surface area contributed by atoms with Crippen LogP contribution >= 0.6 is 0 Å². The Morgan fingerprint density at radius 2 is 1.93 bits per heavy atom. The molecule has 1 aliphatic carbocycles. The fourth-order valence-electron chi connectivity index (χ4n) is 3.88. The molecule has 1 amide bonds. The van der Waals surface area contributed by atoms with E-state index < -0.39 is 0 Å². The topological polar surface area (TPSA) is 75.6 Å². The highest BCUT2D eigenvalue weighted by Gasteiger charge is 2.36. The van der Waals surface area contributed by atoms with E-state index in [4.69, 9.17) is 4.74 Å². The van der Waals surface area contributed by atoms with E-state index >= 15 is 0 Å². The maximum atomic E-state index is 12.9. The zero-order valence-electron chi connectivity index (χ0n) is 15.3. The van der Waals surface area contributed by atoms with Gasteiger partial charge >= 0.3 is 0 Å². The van der Waals surface area contributed by atoms with Crippen molar-refractivity contribution >= 4 is 11.7 Å². The molecule has 0 bridgehead atoms. The van der Waals surface area contributed by atoms with E-state index in [-0.39, 0.29) is 29.8 Å². The van der Waals surface area contributed by atoms with Gasteiger partial charge < -0.3 is 15.2 Å². The summed E-state index contributed by atoms with van der Waals surface area (Å²) in [4.78, 5) is 24.5. The molecule has 0 radical (unpaired) electrons. The summed E-state index contributed by atoms with van der Waals surface area (Å²) in [5.74, 6) is 0.829. The van der Waals surface area contributed by atoms with Gasteiger partial charge in [-0.25, -0.2) is 0 Å². The summed E-state index contributed by atoms with van der Waals surface area (Å²) in [6, 6.07) is 12.6. The van der Waals surface area contributed by atoms with Gasteiger partial charge in [-0.3, -0.25) is 9.59 Å². The molecular weight excluding hydrogens is 342 g/mol. The first-order valence-electron chi connectivity index (χ1n) is 9.37. The fraction of sp³-hybridized carbons (Fsp3) is 0.364. The largest absolute Gasteiger partial charge is 0.493 e. The van der Waals surface area contributed by atoms with E-state index in [0.29, 0.717) is 30.6 Å². The quantitative estimate of drug-likeness (QED) is 0.799. The number of aliphatic hydroxyl groups excluding tert-OH is 1. The Kier molecular flexibility index (Phi) is 4.70. The molecular formula is C22H23NO4. The maximum Gasteiger partial charge on any atom is 0.251 e. The van der Waals surface area contributed by atoms with Gasteiger partial charge in [0.1, 0.15) is 5.75 Å². The van der Waals surface area contributed by atoms with Gasteiger partial charge in [0.05, 0.1) is 18.8 Å². The van der Waals surface area contributed by atoms with E-state index in [1.807, 2.05) is 12.1 Å². The van der Waals surface area contributed by atoms with Gasteiger partial charge in [-0.15, -0.1) is 0 Å². The second-order valence-electron chi connectivity index (χ2n) is 7.44. The van der Waals surface area contributed by atoms with Crippen LogP contribution in [0.25, 0.3) is 0 Å². The zero-order chi connectivity index (χ0) is 19.0. The highest BCUT2D eigenvalue weighted by molar-refractivity contribution is 5.99. The summed E-state index contributed by atoms with van der Waals surface area (Å²) in [5.41, 5.74) is 3.18. The van der Waals surface area contributed by atoms with E-state index in [9.17, 15) is 14.7 Å². The fourth-order valence-corrected chi connectivity index (χ4v) is 3.88. The minimum atomic E-state index is -0.298. The van der Waals surface area contributed by atoms with Gasteiger partial charge in [-0.05, 0) is 61.1 Å². The van der Waals surface area contributed by atoms with Crippen LogP contribution in [0.5, 0.6) is 5.75 Å². The molecule has 0 spiro atoms. The van der Waals surface area contributed by atoms with Crippen LogP contribution in [0, 0.1) is 5.92 Å². The second-order valence-corrected chi connectivity index (χ2v) is 7.44. The average Bonchev–Trinajstić information content (AvgIpc) is 3.11. The normalized spacial score (nSPS) is 21.6. The Bertz CT molecular complexity index is 886. The SMILES string of the molecule is CC(=O)c1cccc(C(=O)N[C@@H](c2ccc3c(c2)CCO3)C2CC(O)C2)c1. The number of nitrogens with one attached hydrogen (secondary N) is 1. The molecule has 0 aromatic heterocycles. The van der Waals surface area contributed by atoms with Gasteiger partial charge in [-0.1, -0.05) is 18.2 Å². The number of hydrogen-bond acceptors (Lipinski definition) is 4. The summed E-state index contributed by atoms with van der Waals surface area (Å²) >= 11 is 0. The molecule has 4 rings (SSSR count). The van der Waals surface area contributed by atoms with Crippen molar-refractivity contribution in [1.29, 1.82) is 0 Å². The predicted molar refractivity (Wildman–Crippen MR) is 101 cm³/mol. The Morgan fingerprint density at radius 3 is 2.67 bits per heavy atom. The van der Waals surface area contributed by atoms with E-state index in [1.54, 1.807) is 24.3 Å². The minimum absolute atomic E-state index is 0.0677. The van der Waals surface area contributed by atoms with Crippen LogP contribution in [0.15, 0.2) is 42.5 Å². The summed E-state index contributed by atoms with van der Waals surface area (Å²) < 4.78 is 5.58. The third-order valence-corrected chi connectivity index (χ3v) is 5.51. The lowest BCUT2D eigenvalue weighted by Crippen LogP contribution is -2.41. The number of benzene rings is 2. The molecule has 1 fully saturated rings. The summed E-state index contributed by atoms with van der Waals surface area (Å²) in [6.07, 6.45) is 1.92. The number of rotatable bonds is 5. The van der Waals surface area contributed by atoms with E-state index in [1.165, 1.54) is 6.92 Å². The lowest BCUT2D eigenvalue weighted by atomic mass is 9.74. The van der Waals surface area contributed by atoms with Crippen LogP contribution < -0.4 is 10.1 Å². The first-order valence-corrected chi connectivity index (χ1v) is 9.37. The molecule has 2 aromatic carbocycles. The first-order chi connectivity index (χ1) is 13.0. The predicted octanol–water partition coefficient (Wildman–Crippen LogP) is 3.07. The number of Topliss-reactive ketones (excluding diaryl/α,β-unsaturated/α-hetero) is 1. The van der Waals surface area contributed by atoms with Crippen molar-refractivity contribution < 1.29 is 19.4 Å². The van der Waals surface area contributed by atoms with Crippen molar-refractivity contribution in [2.45, 2.75) is 38.3 Å². The zero-order valence-corrected chi connectivity index (χ0v) is 15.3. The number of carbonyl (C=O) groups is 2. The molecule has 27 heavy (non-hydrogen) atoms. The molecule has 140 valence electrons. The minimum Gasteiger partial charge on any atom is -0.493 e. The van der Waals surface area contributed by atoms with E-state index in [0.717, 1.165) is 23.3 Å². The van der Waals surface area contributed by atoms with Crippen LogP contribution in [0.1, 0.15) is 57.7 Å². The van der Waals surface area contributed by atoms with Crippen molar-refractivity contribution in [3.63, 3.8) is 0 Å². The molecule has 2 aromatic rings. The molecule has 1 saturated carbocycles. The van der Waals surface area contributed by atoms with Crippen molar-refractivity contribution in [2.24, 2.45) is 5.92 Å². The van der Waals surface area contributed by atoms with Gasteiger partial charge in [-0.2, -0.15) is 0 Å². The van der Waals surface area contributed by atoms with Crippen molar-refractivity contribution in [2.75, 3.05) is 6.61 Å². The van der Waals surface area contributed by atoms with Gasteiger partial charge in [0.2, 0.25) is 0 Å². The molecule has 1 aliphatic heterocycles. The number of hydrogen-bond donors (Lipinski definition) is 2. The molecule has 5 nitrogen and oxygen atoms in total. The van der Waals surface area contributed by atoms with Crippen LogP contribution in [0.4, 0.5) is 0 Å². The summed E-state index contributed by atoms with van der Waals surface area (Å²) in [7, 11) is 0. The van der Waals surface area contributed by atoms with Crippen LogP contribution in [-0.2, 0) is 6.42 Å². The molecule has 0 unspecified atom stereocenters. The second kappa shape index (κ2) is 7.16. The number of carbonyl (C=O) groups excluding carboxylic acids is 2. The standard InChI is InChI=1S/C22H23NO4/c1-13(24)14-3-2-4-17(9-14)22(26)23-21(18-11-19(25)12-18)16-5-6-20-15(10-16)7-8-27-20/h2-6,9-10,18-19,21,25H,7-8,11-12H2,1H3,(H,23,26)/t18?,19?,21-/m0/s1. The van der Waals surface area contributed by atoms with Crippen molar-refractivity contribution in [3.05, 3.63) is 64.7 Å². The molecule has 2 N–H and O–H groups in total. The van der Waals surface area contributed by atoms with Gasteiger partial charge in [0.15, 0.2) is 5.78 Å². The van der Waals surface area contributed by atoms with Crippen molar-refractivity contribution in [3.8, 4) is 5.75 Å². The smallest absolute Gasteiger partial charge is 0.251 e. The molecule has 1 heterocycles. The Labute approximate surface area is 158 Å². The number of ether oxygens (including phenoxy) is 1. The lowest BCUT2D eigenvalue weighted by Gasteiger charge is -2.38. The van der Waals surface area contributed by atoms with Crippen LogP contribution in [-0.4, -0.2) is 29.5 Å². The molecule has 0 saturated heterocycles. The third kappa shape index (κ3) is 3.60. The number of amides is 1. The van der Waals surface area contributed by atoms with Gasteiger partial charge in [0.25, 0.3) is 5.91 Å². The Morgan fingerprint density at radius 1 is 1.15 bits per heavy atom. The van der Waals surface area contributed by atoms with E-state index in [2.05, 4.69) is 11.4 Å². The van der Waals surface area contributed by atoms with Crippen LogP contribution in [0.3, 0.4) is 0 Å². The maximum absolute atomic E-state index is 12.9. The number of ketones is 1. The molecule has 5 heteroatoms. The Balaban J connectivity index is 1.59. The Hall–Kier alpha value is -2.66. The highest BCUT2D eigenvalue weighted by atomic mass is 16.5. The molecule has 1 atom stereocenters. The number of aliphatic hydroxyl groups is 1. The van der Waals surface area contributed by atoms with Crippen molar-refractivity contribution in [1.82, 2.24) is 5.32 Å². The molecule has 2 aliphatic rings. The summed E-state index contributed by atoms with van der Waals surface area (Å²) in [6.45, 7) is 2.18. The third-order valence-electron chi connectivity index (χ3n) is 5.51. The van der Waals surface area contributed by atoms with Gasteiger partial charge in [0, 0.05) is 17.5 Å². The van der Waals surface area contributed by atoms with Crippen LogP contribution in [0.2, 0.25) is 0 Å². The highest BCUT2D eigenvalue weighted by Crippen LogP contribution is 2.40. The average molecular weight is 365 g/mol. The monoisotopic (exact) mass is 365 g/mol. The first kappa shape index (κ1) is 17.7. The number of fused-ring (bicyclic) bond motifs is 1.